The number of aromatic nitrogens is 2. The molecular weight excluding hydrogens is 219 g/mol. The minimum atomic E-state index is -0.470. The van der Waals surface area contributed by atoms with Crippen molar-refractivity contribution in [3.8, 4) is 0 Å². The quantitative estimate of drug-likeness (QED) is 0.585. The molecule has 5 heteroatoms. The summed E-state index contributed by atoms with van der Waals surface area (Å²) < 4.78 is 13.0. The van der Waals surface area contributed by atoms with Crippen LogP contribution in [0.4, 0.5) is 10.2 Å². The zero-order valence-electron chi connectivity index (χ0n) is 9.85. The van der Waals surface area contributed by atoms with Gasteiger partial charge in [-0.25, -0.2) is 9.97 Å². The first-order chi connectivity index (χ1) is 8.29. The Morgan fingerprint density at radius 2 is 2.18 bits per heavy atom. The number of hydrogen-bond donors (Lipinski definition) is 0. The molecule has 1 aliphatic heterocycles. The lowest BCUT2D eigenvalue weighted by Gasteiger charge is -2.21. The van der Waals surface area contributed by atoms with Crippen molar-refractivity contribution in [2.45, 2.75) is 6.42 Å². The number of halogens is 1. The molecule has 0 atom stereocenters. The molecule has 0 spiro atoms. The lowest BCUT2D eigenvalue weighted by Crippen LogP contribution is -2.31. The summed E-state index contributed by atoms with van der Waals surface area (Å²) in [5.74, 6) is 0.208. The van der Waals surface area contributed by atoms with Gasteiger partial charge in [-0.1, -0.05) is 6.08 Å². The molecule has 0 aromatic carbocycles. The third-order valence-electron chi connectivity index (χ3n) is 2.92. The zero-order chi connectivity index (χ0) is 12.1. The molecule has 2 heterocycles. The monoisotopic (exact) mass is 236 g/mol. The molecule has 0 amide bonds. The molecule has 1 aromatic heterocycles. The van der Waals surface area contributed by atoms with Crippen LogP contribution in [0.25, 0.3) is 0 Å². The second-order valence-corrected chi connectivity index (χ2v) is 4.13. The summed E-state index contributed by atoms with van der Waals surface area (Å²) in [6.07, 6.45) is 4.25. The van der Waals surface area contributed by atoms with E-state index in [-0.39, 0.29) is 0 Å². The first-order valence-electron chi connectivity index (χ1n) is 5.85. The zero-order valence-corrected chi connectivity index (χ0v) is 9.85. The molecule has 0 saturated carbocycles. The van der Waals surface area contributed by atoms with Crippen LogP contribution in [0.5, 0.6) is 0 Å². The maximum absolute atomic E-state index is 13.0. The summed E-state index contributed by atoms with van der Waals surface area (Å²) in [6, 6.07) is 1.39. The highest BCUT2D eigenvalue weighted by atomic mass is 19.1. The minimum absolute atomic E-state index is 0.470. The summed E-state index contributed by atoms with van der Waals surface area (Å²) in [7, 11) is 0. The standard InChI is InChI=1S/C12H17FN4/c1-2-4-16-5-3-6-17(8-7-16)12-9-11(13)14-10-15-12/h2,9-10H,1,3-8H2. The maximum atomic E-state index is 13.0. The Morgan fingerprint density at radius 3 is 2.94 bits per heavy atom. The molecule has 1 aromatic rings. The van der Waals surface area contributed by atoms with Crippen molar-refractivity contribution in [3.63, 3.8) is 0 Å². The van der Waals surface area contributed by atoms with E-state index in [0.29, 0.717) is 5.82 Å². The molecule has 1 aliphatic rings. The topological polar surface area (TPSA) is 32.3 Å². The molecule has 0 radical (unpaired) electrons. The second kappa shape index (κ2) is 5.72. The molecule has 0 unspecified atom stereocenters. The van der Waals surface area contributed by atoms with E-state index in [1.54, 1.807) is 0 Å². The largest absolute Gasteiger partial charge is 0.355 e. The Labute approximate surface area is 101 Å². The number of rotatable bonds is 3. The second-order valence-electron chi connectivity index (χ2n) is 4.13. The van der Waals surface area contributed by atoms with E-state index >= 15 is 0 Å². The van der Waals surface area contributed by atoms with Gasteiger partial charge in [-0.2, -0.15) is 4.39 Å². The van der Waals surface area contributed by atoms with Gasteiger partial charge < -0.3 is 4.90 Å². The molecule has 1 fully saturated rings. The van der Waals surface area contributed by atoms with Crippen molar-refractivity contribution in [2.75, 3.05) is 37.6 Å². The average molecular weight is 236 g/mol. The van der Waals surface area contributed by atoms with Gasteiger partial charge in [-0.15, -0.1) is 6.58 Å². The number of anilines is 1. The van der Waals surface area contributed by atoms with E-state index in [2.05, 4.69) is 26.3 Å². The van der Waals surface area contributed by atoms with Crippen LogP contribution < -0.4 is 4.90 Å². The van der Waals surface area contributed by atoms with Gasteiger partial charge in [0.25, 0.3) is 0 Å². The van der Waals surface area contributed by atoms with Gasteiger partial charge in [-0.3, -0.25) is 4.90 Å². The van der Waals surface area contributed by atoms with Crippen LogP contribution in [0, 0.1) is 5.95 Å². The summed E-state index contributed by atoms with van der Waals surface area (Å²) >= 11 is 0. The van der Waals surface area contributed by atoms with Crippen molar-refractivity contribution < 1.29 is 4.39 Å². The lowest BCUT2D eigenvalue weighted by molar-refractivity contribution is 0.325. The van der Waals surface area contributed by atoms with Gasteiger partial charge in [0.05, 0.1) is 0 Å². The van der Waals surface area contributed by atoms with E-state index in [4.69, 9.17) is 0 Å². The van der Waals surface area contributed by atoms with Gasteiger partial charge >= 0.3 is 0 Å². The van der Waals surface area contributed by atoms with Crippen LogP contribution >= 0.6 is 0 Å². The SMILES string of the molecule is C=CCN1CCCN(c2cc(F)ncn2)CC1. The van der Waals surface area contributed by atoms with Gasteiger partial charge in [0.15, 0.2) is 0 Å². The van der Waals surface area contributed by atoms with Crippen molar-refractivity contribution in [3.05, 3.63) is 31.0 Å². The molecule has 0 N–H and O–H groups in total. The smallest absolute Gasteiger partial charge is 0.218 e. The number of hydrogen-bond acceptors (Lipinski definition) is 4. The van der Waals surface area contributed by atoms with E-state index in [1.165, 1.54) is 12.4 Å². The van der Waals surface area contributed by atoms with E-state index < -0.39 is 5.95 Å². The van der Waals surface area contributed by atoms with Crippen molar-refractivity contribution >= 4 is 5.82 Å². The van der Waals surface area contributed by atoms with Crippen LogP contribution in [-0.4, -0.2) is 47.6 Å². The number of nitrogens with zero attached hydrogens (tertiary/aromatic N) is 4. The van der Waals surface area contributed by atoms with Crippen LogP contribution in [0.15, 0.2) is 25.0 Å². The van der Waals surface area contributed by atoms with Gasteiger partial charge in [-0.05, 0) is 6.42 Å². The van der Waals surface area contributed by atoms with Crippen molar-refractivity contribution in [2.24, 2.45) is 0 Å². The Hall–Kier alpha value is -1.49. The lowest BCUT2D eigenvalue weighted by atomic mass is 10.3. The highest BCUT2D eigenvalue weighted by Gasteiger charge is 2.15. The van der Waals surface area contributed by atoms with Gasteiger partial charge in [0.2, 0.25) is 5.95 Å². The van der Waals surface area contributed by atoms with Crippen molar-refractivity contribution in [1.82, 2.24) is 14.9 Å². The van der Waals surface area contributed by atoms with E-state index in [9.17, 15) is 4.39 Å². The van der Waals surface area contributed by atoms with E-state index in [0.717, 1.165) is 39.1 Å². The fraction of sp³-hybridized carbons (Fsp3) is 0.500. The summed E-state index contributed by atoms with van der Waals surface area (Å²) in [5, 5.41) is 0. The van der Waals surface area contributed by atoms with Crippen molar-refractivity contribution in [1.29, 1.82) is 0 Å². The molecule has 0 bridgehead atoms. The third-order valence-corrected chi connectivity index (χ3v) is 2.92. The van der Waals surface area contributed by atoms with Crippen LogP contribution in [0.1, 0.15) is 6.42 Å². The molecule has 0 aliphatic carbocycles. The molecular formula is C12H17FN4. The third kappa shape index (κ3) is 3.23. The maximum Gasteiger partial charge on any atom is 0.218 e. The van der Waals surface area contributed by atoms with Gasteiger partial charge in [0.1, 0.15) is 12.1 Å². The fourth-order valence-electron chi connectivity index (χ4n) is 2.06. The highest BCUT2D eigenvalue weighted by molar-refractivity contribution is 5.36. The molecule has 2 rings (SSSR count). The molecule has 92 valence electrons. The Balaban J connectivity index is 2.01. The molecule has 17 heavy (non-hydrogen) atoms. The van der Waals surface area contributed by atoms with Crippen LogP contribution in [0.2, 0.25) is 0 Å². The summed E-state index contributed by atoms with van der Waals surface area (Å²) in [4.78, 5) is 12.0. The first kappa shape index (κ1) is 12.0. The molecule has 1 saturated heterocycles. The summed E-state index contributed by atoms with van der Waals surface area (Å²) in [5.41, 5.74) is 0. The normalized spacial score (nSPS) is 17.8. The fourth-order valence-corrected chi connectivity index (χ4v) is 2.06. The average Bonchev–Trinajstić information content (AvgIpc) is 2.55. The summed E-state index contributed by atoms with van der Waals surface area (Å²) in [6.45, 7) is 8.44. The first-order valence-corrected chi connectivity index (χ1v) is 5.85. The van der Waals surface area contributed by atoms with Crippen LogP contribution in [0.3, 0.4) is 0 Å². The minimum Gasteiger partial charge on any atom is -0.355 e. The predicted molar refractivity (Wildman–Crippen MR) is 65.5 cm³/mol. The Bertz CT molecular complexity index is 383. The van der Waals surface area contributed by atoms with E-state index in [1.807, 2.05) is 6.08 Å². The highest BCUT2D eigenvalue weighted by Crippen LogP contribution is 2.13. The predicted octanol–water partition coefficient (Wildman–Crippen LogP) is 1.31. The Kier molecular flexibility index (Phi) is 4.03. The van der Waals surface area contributed by atoms with Gasteiger partial charge in [0, 0.05) is 38.8 Å². The Morgan fingerprint density at radius 1 is 1.29 bits per heavy atom. The van der Waals surface area contributed by atoms with Crippen LogP contribution in [-0.2, 0) is 0 Å². The molecule has 4 nitrogen and oxygen atoms in total.